The normalized spacial score (nSPS) is 10.2. The van der Waals surface area contributed by atoms with E-state index >= 15 is 0 Å². The summed E-state index contributed by atoms with van der Waals surface area (Å²) in [7, 11) is 1.53. The second kappa shape index (κ2) is 8.63. The molecule has 21 heavy (non-hydrogen) atoms. The molecule has 2 N–H and O–H groups in total. The number of carbonyl (C=O) groups excluding carboxylic acids is 2. The fraction of sp³-hybridized carbons (Fsp3) is 0.429. The average Bonchev–Trinajstić information content (AvgIpc) is 2.46. The third-order valence-corrected chi connectivity index (χ3v) is 3.62. The van der Waals surface area contributed by atoms with E-state index in [2.05, 4.69) is 15.9 Å². The van der Waals surface area contributed by atoms with Gasteiger partial charge in [0.05, 0.1) is 23.2 Å². The third-order valence-electron chi connectivity index (χ3n) is 2.74. The summed E-state index contributed by atoms with van der Waals surface area (Å²) in [6, 6.07) is 5.02. The van der Waals surface area contributed by atoms with E-state index in [4.69, 9.17) is 15.2 Å². The van der Waals surface area contributed by atoms with Gasteiger partial charge in [-0.3, -0.25) is 9.59 Å². The summed E-state index contributed by atoms with van der Waals surface area (Å²) in [6.45, 7) is 2.47. The quantitative estimate of drug-likeness (QED) is 0.592. The minimum atomic E-state index is -0.457. The minimum Gasteiger partial charge on any atom is -0.465 e. The molecular weight excluding hydrogens is 340 g/mol. The average molecular weight is 359 g/mol. The maximum Gasteiger partial charge on any atom is 0.325 e. The van der Waals surface area contributed by atoms with Crippen molar-refractivity contribution in [2.45, 2.75) is 6.92 Å². The van der Waals surface area contributed by atoms with E-state index in [-0.39, 0.29) is 25.6 Å². The standard InChI is InChI=1S/C14H19BrN2O4/c1-3-21-12(18)9-17(7-8-20-2)14(19)10-5-4-6-11(16)13(10)15/h4-6H,3,7-9,16H2,1-2H3. The largest absolute Gasteiger partial charge is 0.465 e. The first-order valence-corrected chi connectivity index (χ1v) is 7.28. The number of amides is 1. The molecule has 0 aliphatic carbocycles. The second-order valence-electron chi connectivity index (χ2n) is 4.23. The first-order chi connectivity index (χ1) is 10.0. The number of methoxy groups -OCH3 is 1. The number of carbonyl (C=O) groups is 2. The highest BCUT2D eigenvalue weighted by molar-refractivity contribution is 9.10. The first-order valence-electron chi connectivity index (χ1n) is 6.49. The van der Waals surface area contributed by atoms with Crippen LogP contribution in [0.3, 0.4) is 0 Å². The molecule has 7 heteroatoms. The van der Waals surface area contributed by atoms with Crippen LogP contribution in [0, 0.1) is 0 Å². The molecule has 0 atom stereocenters. The topological polar surface area (TPSA) is 81.9 Å². The van der Waals surface area contributed by atoms with Gasteiger partial charge >= 0.3 is 5.97 Å². The van der Waals surface area contributed by atoms with Crippen molar-refractivity contribution < 1.29 is 19.1 Å². The Balaban J connectivity index is 2.93. The first kappa shape index (κ1) is 17.5. The van der Waals surface area contributed by atoms with Crippen LogP contribution in [-0.4, -0.2) is 50.2 Å². The Bertz CT molecular complexity index is 508. The molecule has 0 radical (unpaired) electrons. The zero-order valence-electron chi connectivity index (χ0n) is 12.1. The molecule has 0 aliphatic rings. The zero-order valence-corrected chi connectivity index (χ0v) is 13.7. The summed E-state index contributed by atoms with van der Waals surface area (Å²) in [5.41, 5.74) is 6.63. The number of hydrogen-bond donors (Lipinski definition) is 1. The second-order valence-corrected chi connectivity index (χ2v) is 5.03. The molecule has 0 bridgehead atoms. The SMILES string of the molecule is CCOC(=O)CN(CCOC)C(=O)c1cccc(N)c1Br. The van der Waals surface area contributed by atoms with Gasteiger partial charge in [0.25, 0.3) is 5.91 Å². The maximum atomic E-state index is 12.5. The lowest BCUT2D eigenvalue weighted by Crippen LogP contribution is -2.38. The predicted octanol–water partition coefficient (Wildman–Crippen LogP) is 1.68. The van der Waals surface area contributed by atoms with Crippen molar-refractivity contribution in [1.82, 2.24) is 4.90 Å². The summed E-state index contributed by atoms with van der Waals surface area (Å²) < 4.78 is 10.4. The van der Waals surface area contributed by atoms with Crippen molar-refractivity contribution in [3.63, 3.8) is 0 Å². The molecule has 1 amide bonds. The highest BCUT2D eigenvalue weighted by Gasteiger charge is 2.21. The minimum absolute atomic E-state index is 0.128. The number of nitrogen functional groups attached to an aromatic ring is 1. The number of anilines is 1. The zero-order chi connectivity index (χ0) is 15.8. The van der Waals surface area contributed by atoms with Crippen LogP contribution in [0.15, 0.2) is 22.7 Å². The van der Waals surface area contributed by atoms with E-state index in [0.29, 0.717) is 22.3 Å². The number of halogens is 1. The van der Waals surface area contributed by atoms with Crippen molar-refractivity contribution in [2.24, 2.45) is 0 Å². The van der Waals surface area contributed by atoms with Crippen LogP contribution in [0.2, 0.25) is 0 Å². The molecule has 1 rings (SSSR count). The Morgan fingerprint density at radius 1 is 1.38 bits per heavy atom. The van der Waals surface area contributed by atoms with E-state index in [1.807, 2.05) is 0 Å². The van der Waals surface area contributed by atoms with Gasteiger partial charge in [-0.05, 0) is 35.0 Å². The maximum absolute atomic E-state index is 12.5. The lowest BCUT2D eigenvalue weighted by Gasteiger charge is -2.22. The van der Waals surface area contributed by atoms with Gasteiger partial charge in [0.15, 0.2) is 0 Å². The molecule has 0 aliphatic heterocycles. The molecule has 1 aromatic rings. The van der Waals surface area contributed by atoms with Crippen molar-refractivity contribution >= 4 is 33.5 Å². The van der Waals surface area contributed by atoms with Gasteiger partial charge in [-0.15, -0.1) is 0 Å². The molecule has 0 aromatic heterocycles. The van der Waals surface area contributed by atoms with Gasteiger partial charge in [-0.1, -0.05) is 6.07 Å². The van der Waals surface area contributed by atoms with Gasteiger partial charge < -0.3 is 20.1 Å². The number of ether oxygens (including phenoxy) is 2. The van der Waals surface area contributed by atoms with Gasteiger partial charge in [0, 0.05) is 19.3 Å². The highest BCUT2D eigenvalue weighted by atomic mass is 79.9. The molecule has 0 unspecified atom stereocenters. The fourth-order valence-corrected chi connectivity index (χ4v) is 2.14. The number of rotatable bonds is 7. The lowest BCUT2D eigenvalue weighted by atomic mass is 10.1. The summed E-state index contributed by atoms with van der Waals surface area (Å²) in [4.78, 5) is 25.5. The van der Waals surface area contributed by atoms with Crippen LogP contribution in [-0.2, 0) is 14.3 Å². The lowest BCUT2D eigenvalue weighted by molar-refractivity contribution is -0.143. The van der Waals surface area contributed by atoms with Crippen LogP contribution in [0.5, 0.6) is 0 Å². The van der Waals surface area contributed by atoms with Gasteiger partial charge in [-0.2, -0.15) is 0 Å². The molecule has 116 valence electrons. The number of esters is 1. The highest BCUT2D eigenvalue weighted by Crippen LogP contribution is 2.24. The van der Waals surface area contributed by atoms with Gasteiger partial charge in [-0.25, -0.2) is 0 Å². The van der Waals surface area contributed by atoms with Crippen molar-refractivity contribution in [3.05, 3.63) is 28.2 Å². The molecule has 6 nitrogen and oxygen atoms in total. The molecule has 1 aromatic carbocycles. The third kappa shape index (κ3) is 5.02. The molecule has 0 saturated heterocycles. The summed E-state index contributed by atoms with van der Waals surface area (Å²) in [5, 5.41) is 0. The van der Waals surface area contributed by atoms with Crippen LogP contribution < -0.4 is 5.73 Å². The number of nitrogens with zero attached hydrogens (tertiary/aromatic N) is 1. The Hall–Kier alpha value is -1.60. The number of benzene rings is 1. The van der Waals surface area contributed by atoms with Crippen LogP contribution in [0.1, 0.15) is 17.3 Å². The fourth-order valence-electron chi connectivity index (χ4n) is 1.70. The molecule has 0 saturated carbocycles. The summed E-state index contributed by atoms with van der Waals surface area (Å²) in [5.74, 6) is -0.763. The predicted molar refractivity (Wildman–Crippen MR) is 83.0 cm³/mol. The van der Waals surface area contributed by atoms with Crippen molar-refractivity contribution in [2.75, 3.05) is 39.1 Å². The Labute approximate surface area is 132 Å². The Morgan fingerprint density at radius 3 is 2.71 bits per heavy atom. The molecule has 0 heterocycles. The molecule has 0 fully saturated rings. The number of nitrogens with two attached hydrogens (primary N) is 1. The number of hydrogen-bond acceptors (Lipinski definition) is 5. The van der Waals surface area contributed by atoms with Gasteiger partial charge in [0.1, 0.15) is 6.54 Å². The van der Waals surface area contributed by atoms with E-state index in [0.717, 1.165) is 0 Å². The van der Waals surface area contributed by atoms with Crippen molar-refractivity contribution in [1.29, 1.82) is 0 Å². The van der Waals surface area contributed by atoms with E-state index in [9.17, 15) is 9.59 Å². The molecular formula is C14H19BrN2O4. The van der Waals surface area contributed by atoms with Crippen molar-refractivity contribution in [3.8, 4) is 0 Å². The Morgan fingerprint density at radius 2 is 2.10 bits per heavy atom. The van der Waals surface area contributed by atoms with Crippen LogP contribution in [0.4, 0.5) is 5.69 Å². The summed E-state index contributed by atoms with van der Waals surface area (Å²) >= 11 is 3.29. The van der Waals surface area contributed by atoms with E-state index in [1.54, 1.807) is 25.1 Å². The smallest absolute Gasteiger partial charge is 0.325 e. The van der Waals surface area contributed by atoms with Crippen LogP contribution in [0.25, 0.3) is 0 Å². The monoisotopic (exact) mass is 358 g/mol. The Kier molecular flexibility index (Phi) is 7.18. The van der Waals surface area contributed by atoms with E-state index < -0.39 is 5.97 Å². The summed E-state index contributed by atoms with van der Waals surface area (Å²) in [6.07, 6.45) is 0. The van der Waals surface area contributed by atoms with Crippen LogP contribution >= 0.6 is 15.9 Å². The van der Waals surface area contributed by atoms with E-state index in [1.165, 1.54) is 12.0 Å². The molecule has 0 spiro atoms. The van der Waals surface area contributed by atoms with Gasteiger partial charge in [0.2, 0.25) is 0 Å².